The number of hydrogen-bond acceptors (Lipinski definition) is 9. The number of esters is 1. The van der Waals surface area contributed by atoms with Crippen LogP contribution in [0.15, 0.2) is 141 Å². The SMILES string of the molecule is C=CCOC(=O)O[C@H](C)[C@H]1C(=O)N(C(C(=O)OCC=C)=P(c2ccccc2)(c2ccccc2)c2ccccc2)[C@@H]1CC(=O)c1ccc(CNC(=O)OC(C)(C)C)cc1. The lowest BCUT2D eigenvalue weighted by molar-refractivity contribution is -0.158. The first-order chi connectivity index (χ1) is 27.8. The normalized spacial score (nSPS) is 15.5. The van der Waals surface area contributed by atoms with Crippen molar-refractivity contribution in [1.29, 1.82) is 0 Å². The third kappa shape index (κ3) is 9.84. The third-order valence-electron chi connectivity index (χ3n) is 9.37. The Morgan fingerprint density at radius 2 is 1.28 bits per heavy atom. The first-order valence-electron chi connectivity index (χ1n) is 18.9. The minimum absolute atomic E-state index is 0.0713. The molecular weight excluding hydrogens is 755 g/mol. The number of amides is 2. The summed E-state index contributed by atoms with van der Waals surface area (Å²) in [6.07, 6.45) is -0.0340. The van der Waals surface area contributed by atoms with Crippen LogP contribution in [0, 0.1) is 5.92 Å². The second-order valence-electron chi connectivity index (χ2n) is 14.5. The van der Waals surface area contributed by atoms with Gasteiger partial charge in [-0.1, -0.05) is 141 Å². The number of Topliss-reactive ketones (excluding diaryl/α,β-unsaturated/α-hetero) is 1. The van der Waals surface area contributed by atoms with Crippen LogP contribution in [-0.2, 0) is 35.1 Å². The number of benzene rings is 4. The highest BCUT2D eigenvalue weighted by molar-refractivity contribution is 7.96. The second-order valence-corrected chi connectivity index (χ2v) is 17.9. The molecule has 0 aliphatic carbocycles. The van der Waals surface area contributed by atoms with Gasteiger partial charge in [0.1, 0.15) is 30.3 Å². The molecule has 1 N–H and O–H groups in total. The van der Waals surface area contributed by atoms with E-state index >= 15 is 0 Å². The molecule has 3 atom stereocenters. The molecule has 302 valence electrons. The van der Waals surface area contributed by atoms with Crippen molar-refractivity contribution < 1.29 is 42.9 Å². The summed E-state index contributed by atoms with van der Waals surface area (Å²) in [5.41, 5.74) is 0.476. The molecule has 0 aromatic heterocycles. The van der Waals surface area contributed by atoms with Crippen LogP contribution in [0.3, 0.4) is 0 Å². The van der Waals surface area contributed by atoms with Crippen LogP contribution < -0.4 is 21.2 Å². The van der Waals surface area contributed by atoms with E-state index in [2.05, 4.69) is 18.5 Å². The van der Waals surface area contributed by atoms with E-state index in [0.29, 0.717) is 5.56 Å². The van der Waals surface area contributed by atoms with E-state index in [4.69, 9.17) is 18.9 Å². The van der Waals surface area contributed by atoms with Gasteiger partial charge in [-0.2, -0.15) is 0 Å². The van der Waals surface area contributed by atoms with E-state index in [-0.39, 0.29) is 37.4 Å². The number of rotatable bonds is 16. The molecule has 1 aliphatic rings. The third-order valence-corrected chi connectivity index (χ3v) is 13.6. The molecule has 5 rings (SSSR count). The molecule has 4 aromatic carbocycles. The predicted molar refractivity (Wildman–Crippen MR) is 226 cm³/mol. The highest BCUT2D eigenvalue weighted by Crippen LogP contribution is 2.50. The monoisotopic (exact) mass is 804 g/mol. The molecular formula is C46H49N2O9P. The minimum Gasteiger partial charge on any atom is -0.457 e. The van der Waals surface area contributed by atoms with E-state index in [9.17, 15) is 24.0 Å². The van der Waals surface area contributed by atoms with Crippen LogP contribution in [0.2, 0.25) is 0 Å². The molecule has 0 bridgehead atoms. The number of β-lactam (4-membered cyclic amide) rings is 1. The highest BCUT2D eigenvalue weighted by Gasteiger charge is 2.57. The van der Waals surface area contributed by atoms with Crippen molar-refractivity contribution in [3.63, 3.8) is 0 Å². The Kier molecular flexibility index (Phi) is 14.3. The molecule has 4 aromatic rings. The topological polar surface area (TPSA) is 138 Å². The number of carbonyl (C=O) groups is 5. The van der Waals surface area contributed by atoms with Gasteiger partial charge in [-0.25, -0.2) is 14.4 Å². The van der Waals surface area contributed by atoms with Crippen LogP contribution >= 0.6 is 6.89 Å². The number of ketones is 1. The summed E-state index contributed by atoms with van der Waals surface area (Å²) < 4.78 is 21.8. The number of ether oxygens (including phenoxy) is 4. The van der Waals surface area contributed by atoms with E-state index in [1.807, 2.05) is 91.0 Å². The maximum Gasteiger partial charge on any atom is 0.508 e. The van der Waals surface area contributed by atoms with Crippen LogP contribution in [0.25, 0.3) is 0 Å². The summed E-state index contributed by atoms with van der Waals surface area (Å²) in [5, 5.41) is 5.02. The molecule has 2 amide bonds. The minimum atomic E-state index is -3.29. The summed E-state index contributed by atoms with van der Waals surface area (Å²) in [7, 11) is 0. The number of alkyl carbamates (subject to hydrolysis) is 1. The van der Waals surface area contributed by atoms with Gasteiger partial charge in [-0.3, -0.25) is 9.59 Å². The fraction of sp³-hybridized carbons (Fsp3) is 0.261. The lowest BCUT2D eigenvalue weighted by atomic mass is 9.79. The maximum atomic E-state index is 14.8. The van der Waals surface area contributed by atoms with Crippen LogP contribution in [0.5, 0.6) is 0 Å². The molecule has 0 saturated carbocycles. The Morgan fingerprint density at radius 3 is 1.76 bits per heavy atom. The fourth-order valence-electron chi connectivity index (χ4n) is 6.92. The smallest absolute Gasteiger partial charge is 0.457 e. The van der Waals surface area contributed by atoms with Crippen molar-refractivity contribution in [2.75, 3.05) is 13.2 Å². The van der Waals surface area contributed by atoms with Gasteiger partial charge in [0.05, 0.1) is 12.0 Å². The van der Waals surface area contributed by atoms with Gasteiger partial charge in [0.2, 0.25) is 5.91 Å². The molecule has 11 nitrogen and oxygen atoms in total. The molecule has 58 heavy (non-hydrogen) atoms. The van der Waals surface area contributed by atoms with Gasteiger partial charge in [0.15, 0.2) is 5.78 Å². The number of nitrogens with zero attached hydrogens (tertiary/aromatic N) is 1. The van der Waals surface area contributed by atoms with Gasteiger partial charge in [0.25, 0.3) is 0 Å². The Morgan fingerprint density at radius 1 is 0.776 bits per heavy atom. The molecule has 1 heterocycles. The lowest BCUT2D eigenvalue weighted by Gasteiger charge is -2.51. The largest absolute Gasteiger partial charge is 0.508 e. The summed E-state index contributed by atoms with van der Waals surface area (Å²) in [6, 6.07) is 34.2. The van der Waals surface area contributed by atoms with E-state index in [1.54, 1.807) is 52.0 Å². The van der Waals surface area contributed by atoms with Gasteiger partial charge in [-0.15, -0.1) is 0 Å². The Hall–Kier alpha value is -6.19. The molecule has 0 unspecified atom stereocenters. The van der Waals surface area contributed by atoms with E-state index in [1.165, 1.54) is 17.1 Å². The first kappa shape index (κ1) is 42.9. The average Bonchev–Trinajstić information content (AvgIpc) is 3.21. The zero-order valence-electron chi connectivity index (χ0n) is 33.2. The molecule has 1 fully saturated rings. The van der Waals surface area contributed by atoms with E-state index in [0.717, 1.165) is 21.5 Å². The Balaban J connectivity index is 1.67. The first-order valence-corrected chi connectivity index (χ1v) is 20.7. The van der Waals surface area contributed by atoms with Crippen molar-refractivity contribution in [2.45, 2.75) is 58.4 Å². The number of carbonyl (C=O) groups excluding carboxylic acids is 5. The summed E-state index contributed by atoms with van der Waals surface area (Å²) >= 11 is 0. The summed E-state index contributed by atoms with van der Waals surface area (Å²) in [5.74, 6) is -2.65. The fourth-order valence-corrected chi connectivity index (χ4v) is 11.3. The Bertz CT molecular complexity index is 2060. The van der Waals surface area contributed by atoms with Crippen molar-refractivity contribution in [2.24, 2.45) is 5.92 Å². The zero-order chi connectivity index (χ0) is 41.9. The standard InChI is InChI=1S/C46H49N2O9P/c1-7-28-54-43(51)42(58(35-18-12-9-13-19-35,36-20-14-10-15-21-36)37-22-16-11-17-23-37)48-38(40(41(48)50)32(3)56-45(53)55-29-8-2)30-39(49)34-26-24-33(25-27-34)31-47-44(52)57-46(4,5)6/h7-27,32,38,40H,1-2,28-31H2,3-6H3,(H,47,52)/t32-,38-,40-/m1/s1. The van der Waals surface area contributed by atoms with Crippen molar-refractivity contribution >= 4 is 58.1 Å². The summed E-state index contributed by atoms with van der Waals surface area (Å²) in [6.45, 7) is 10.8. The lowest BCUT2D eigenvalue weighted by Crippen LogP contribution is -2.69. The second kappa shape index (κ2) is 19.3. The summed E-state index contributed by atoms with van der Waals surface area (Å²) in [4.78, 5) is 70.2. The molecule has 1 aliphatic heterocycles. The number of nitrogens with one attached hydrogen (secondary N) is 1. The van der Waals surface area contributed by atoms with Crippen LogP contribution in [0.1, 0.15) is 50.0 Å². The number of likely N-dealkylation sites (tertiary alicyclic amines) is 1. The van der Waals surface area contributed by atoms with Crippen LogP contribution in [-0.4, -0.2) is 71.2 Å². The van der Waals surface area contributed by atoms with Gasteiger partial charge < -0.3 is 29.2 Å². The molecule has 12 heteroatoms. The quantitative estimate of drug-likeness (QED) is 0.0328. The number of hydrogen-bond donors (Lipinski definition) is 1. The van der Waals surface area contributed by atoms with Crippen molar-refractivity contribution in [3.05, 3.63) is 152 Å². The Labute approximate surface area is 339 Å². The van der Waals surface area contributed by atoms with Crippen molar-refractivity contribution in [1.82, 2.24) is 10.2 Å². The van der Waals surface area contributed by atoms with Gasteiger partial charge >= 0.3 is 18.2 Å². The van der Waals surface area contributed by atoms with Gasteiger partial charge in [0, 0.05) is 25.4 Å². The predicted octanol–water partition coefficient (Wildman–Crippen LogP) is 6.69. The van der Waals surface area contributed by atoms with Crippen LogP contribution in [0.4, 0.5) is 9.59 Å². The molecule has 1 saturated heterocycles. The highest BCUT2D eigenvalue weighted by atomic mass is 31.2. The van der Waals surface area contributed by atoms with Gasteiger partial charge in [-0.05, 0) is 49.2 Å². The van der Waals surface area contributed by atoms with Crippen molar-refractivity contribution in [3.8, 4) is 0 Å². The molecule has 0 spiro atoms. The zero-order valence-corrected chi connectivity index (χ0v) is 34.1. The molecule has 0 radical (unpaired) electrons. The maximum absolute atomic E-state index is 14.8. The average molecular weight is 805 g/mol. The van der Waals surface area contributed by atoms with E-state index < -0.39 is 54.7 Å².